The van der Waals surface area contributed by atoms with Gasteiger partial charge in [0.15, 0.2) is 18.1 Å². The second-order valence-electron chi connectivity index (χ2n) is 10.0. The van der Waals surface area contributed by atoms with E-state index < -0.39 is 0 Å². The van der Waals surface area contributed by atoms with Gasteiger partial charge < -0.3 is 24.1 Å². The Kier molecular flexibility index (Phi) is 12.1. The molecule has 222 valence electrons. The van der Waals surface area contributed by atoms with Gasteiger partial charge in [-0.05, 0) is 86.7 Å². The summed E-state index contributed by atoms with van der Waals surface area (Å²) in [6.45, 7) is 4.13. The molecule has 4 rings (SSSR count). The van der Waals surface area contributed by atoms with Gasteiger partial charge in [0, 0.05) is 24.5 Å². The lowest BCUT2D eigenvalue weighted by atomic mass is 10.2. The minimum Gasteiger partial charge on any atom is -0.493 e. The van der Waals surface area contributed by atoms with Gasteiger partial charge in [-0.15, -0.1) is 0 Å². The Balaban J connectivity index is 1.18. The minimum absolute atomic E-state index is 0.00687. The molecule has 0 aliphatic rings. The predicted octanol–water partition coefficient (Wildman–Crippen LogP) is 7.50. The number of rotatable bonds is 17. The van der Waals surface area contributed by atoms with E-state index in [1.807, 2.05) is 43.3 Å². The standard InChI is InChI=1S/C34H40ClN3O4/c1-3-11-26-15-20-31(32(24-26)40-2)41-23-10-9-22-38-30-13-7-6-12-29(30)37-33(38)14-5-4-8-21-36-34(39)25-42-28-18-16-27(35)17-19-28/h3,6-7,11-13,15-20,24H,4-5,8-10,14,21-23,25H2,1-2H3,(H,36,39)/b11-3+. The molecule has 1 heterocycles. The number of para-hydroxylation sites is 2. The number of fused-ring (bicyclic) bond motifs is 1. The van der Waals surface area contributed by atoms with Crippen molar-refractivity contribution in [3.63, 3.8) is 0 Å². The number of allylic oxidation sites excluding steroid dienone is 1. The van der Waals surface area contributed by atoms with Crippen LogP contribution in [-0.2, 0) is 17.8 Å². The largest absolute Gasteiger partial charge is 0.493 e. The number of aryl methyl sites for hydroxylation is 2. The van der Waals surface area contributed by atoms with Gasteiger partial charge in [0.1, 0.15) is 11.6 Å². The van der Waals surface area contributed by atoms with Gasteiger partial charge in [-0.2, -0.15) is 0 Å². The first-order valence-electron chi connectivity index (χ1n) is 14.6. The van der Waals surface area contributed by atoms with Crippen LogP contribution >= 0.6 is 11.6 Å². The number of carbonyl (C=O) groups excluding carboxylic acids is 1. The number of amides is 1. The number of aromatic nitrogens is 2. The van der Waals surface area contributed by atoms with E-state index in [-0.39, 0.29) is 12.5 Å². The Morgan fingerprint density at radius 3 is 2.60 bits per heavy atom. The van der Waals surface area contributed by atoms with Crippen LogP contribution in [0, 0.1) is 0 Å². The lowest BCUT2D eigenvalue weighted by molar-refractivity contribution is -0.123. The van der Waals surface area contributed by atoms with Crippen LogP contribution in [0.2, 0.25) is 5.02 Å². The molecule has 1 amide bonds. The maximum absolute atomic E-state index is 12.1. The molecular weight excluding hydrogens is 550 g/mol. The summed E-state index contributed by atoms with van der Waals surface area (Å²) in [5.74, 6) is 3.13. The lowest BCUT2D eigenvalue weighted by Gasteiger charge is -2.12. The van der Waals surface area contributed by atoms with Crippen molar-refractivity contribution in [3.8, 4) is 17.2 Å². The van der Waals surface area contributed by atoms with Crippen LogP contribution in [0.4, 0.5) is 0 Å². The third-order valence-corrected chi connectivity index (χ3v) is 7.15. The summed E-state index contributed by atoms with van der Waals surface area (Å²) in [6.07, 6.45) is 9.77. The molecule has 1 aromatic heterocycles. The first-order valence-corrected chi connectivity index (χ1v) is 15.0. The summed E-state index contributed by atoms with van der Waals surface area (Å²) >= 11 is 5.88. The van der Waals surface area contributed by atoms with Crippen molar-refractivity contribution in [2.24, 2.45) is 0 Å². The lowest BCUT2D eigenvalue weighted by Crippen LogP contribution is -2.29. The molecule has 0 atom stereocenters. The Labute approximate surface area is 253 Å². The van der Waals surface area contributed by atoms with Gasteiger partial charge >= 0.3 is 0 Å². The van der Waals surface area contributed by atoms with E-state index in [0.717, 1.165) is 73.5 Å². The number of imidazole rings is 1. The molecule has 0 radical (unpaired) electrons. The van der Waals surface area contributed by atoms with Crippen LogP contribution in [0.5, 0.6) is 17.2 Å². The monoisotopic (exact) mass is 589 g/mol. The van der Waals surface area contributed by atoms with Crippen molar-refractivity contribution in [3.05, 3.63) is 89.2 Å². The molecule has 3 aromatic carbocycles. The Morgan fingerprint density at radius 2 is 1.79 bits per heavy atom. The summed E-state index contributed by atoms with van der Waals surface area (Å²) in [5, 5.41) is 3.56. The number of nitrogens with one attached hydrogen (secondary N) is 1. The average Bonchev–Trinajstić information content (AvgIpc) is 3.36. The van der Waals surface area contributed by atoms with Gasteiger partial charge in [-0.1, -0.05) is 48.4 Å². The first kappa shape index (κ1) is 31.0. The Morgan fingerprint density at radius 1 is 0.952 bits per heavy atom. The molecule has 42 heavy (non-hydrogen) atoms. The highest BCUT2D eigenvalue weighted by molar-refractivity contribution is 6.30. The van der Waals surface area contributed by atoms with Crippen molar-refractivity contribution < 1.29 is 19.0 Å². The van der Waals surface area contributed by atoms with Gasteiger partial charge in [0.05, 0.1) is 24.8 Å². The molecule has 0 unspecified atom stereocenters. The molecule has 0 saturated heterocycles. The summed E-state index contributed by atoms with van der Waals surface area (Å²) in [7, 11) is 1.67. The van der Waals surface area contributed by atoms with Crippen molar-refractivity contribution in [2.75, 3.05) is 26.9 Å². The first-order chi connectivity index (χ1) is 20.6. The molecule has 0 spiro atoms. The SMILES string of the molecule is C/C=C/c1ccc(OCCCCn2c(CCCCCNC(=O)COc3ccc(Cl)cc3)nc3ccccc32)c(OC)c1. The normalized spacial score (nSPS) is 11.2. The number of hydrogen-bond donors (Lipinski definition) is 1. The summed E-state index contributed by atoms with van der Waals surface area (Å²) in [4.78, 5) is 17.0. The molecule has 8 heteroatoms. The third-order valence-electron chi connectivity index (χ3n) is 6.90. The number of ether oxygens (including phenoxy) is 3. The second kappa shape index (κ2) is 16.5. The van der Waals surface area contributed by atoms with Crippen molar-refractivity contribution in [1.29, 1.82) is 0 Å². The zero-order chi connectivity index (χ0) is 29.6. The van der Waals surface area contributed by atoms with Gasteiger partial charge in [0.2, 0.25) is 0 Å². The topological polar surface area (TPSA) is 74.6 Å². The Bertz CT molecular complexity index is 1450. The van der Waals surface area contributed by atoms with Crippen LogP contribution in [0.3, 0.4) is 0 Å². The fraction of sp³-hybridized carbons (Fsp3) is 0.353. The van der Waals surface area contributed by atoms with Crippen molar-refractivity contribution in [2.45, 2.75) is 52.0 Å². The number of carbonyl (C=O) groups is 1. The number of nitrogens with zero attached hydrogens (tertiary/aromatic N) is 2. The number of methoxy groups -OCH3 is 1. The highest BCUT2D eigenvalue weighted by Crippen LogP contribution is 2.29. The van der Waals surface area contributed by atoms with Crippen molar-refractivity contribution >= 4 is 34.6 Å². The molecular formula is C34H40ClN3O4. The summed E-state index contributed by atoms with van der Waals surface area (Å²) in [5.41, 5.74) is 3.29. The quantitative estimate of drug-likeness (QED) is 0.129. The van der Waals surface area contributed by atoms with Crippen LogP contribution in [-0.4, -0.2) is 42.3 Å². The third kappa shape index (κ3) is 9.28. The predicted molar refractivity (Wildman–Crippen MR) is 170 cm³/mol. The van der Waals surface area contributed by atoms with E-state index >= 15 is 0 Å². The van der Waals surface area contributed by atoms with Crippen LogP contribution in [0.15, 0.2) is 72.8 Å². The molecule has 7 nitrogen and oxygen atoms in total. The van der Waals surface area contributed by atoms with Gasteiger partial charge in [-0.25, -0.2) is 4.98 Å². The minimum atomic E-state index is -0.125. The average molecular weight is 590 g/mol. The molecule has 4 aromatic rings. The van der Waals surface area contributed by atoms with E-state index in [9.17, 15) is 4.79 Å². The zero-order valence-electron chi connectivity index (χ0n) is 24.5. The van der Waals surface area contributed by atoms with E-state index in [1.54, 1.807) is 31.4 Å². The van der Waals surface area contributed by atoms with E-state index in [4.69, 9.17) is 30.8 Å². The summed E-state index contributed by atoms with van der Waals surface area (Å²) < 4.78 is 19.4. The fourth-order valence-electron chi connectivity index (χ4n) is 4.76. The van der Waals surface area contributed by atoms with Gasteiger partial charge in [-0.3, -0.25) is 4.79 Å². The zero-order valence-corrected chi connectivity index (χ0v) is 25.2. The molecule has 0 aliphatic heterocycles. The van der Waals surface area contributed by atoms with Crippen LogP contribution < -0.4 is 19.5 Å². The summed E-state index contributed by atoms with van der Waals surface area (Å²) in [6, 6.07) is 21.3. The molecule has 1 N–H and O–H groups in total. The highest BCUT2D eigenvalue weighted by Gasteiger charge is 2.11. The van der Waals surface area contributed by atoms with Gasteiger partial charge in [0.25, 0.3) is 5.91 Å². The van der Waals surface area contributed by atoms with E-state index in [2.05, 4.69) is 28.1 Å². The number of halogens is 1. The Hall–Kier alpha value is -3.97. The van der Waals surface area contributed by atoms with E-state index in [0.29, 0.717) is 23.9 Å². The number of hydrogen-bond acceptors (Lipinski definition) is 5. The molecule has 0 aliphatic carbocycles. The molecule has 0 fully saturated rings. The molecule has 0 bridgehead atoms. The molecule has 0 saturated carbocycles. The van der Waals surface area contributed by atoms with Crippen LogP contribution in [0.25, 0.3) is 17.1 Å². The maximum Gasteiger partial charge on any atom is 0.257 e. The smallest absolute Gasteiger partial charge is 0.257 e. The van der Waals surface area contributed by atoms with Crippen LogP contribution in [0.1, 0.15) is 50.4 Å². The number of benzene rings is 3. The van der Waals surface area contributed by atoms with E-state index in [1.165, 1.54) is 5.52 Å². The highest BCUT2D eigenvalue weighted by atomic mass is 35.5. The fourth-order valence-corrected chi connectivity index (χ4v) is 4.89. The maximum atomic E-state index is 12.1. The van der Waals surface area contributed by atoms with Crippen molar-refractivity contribution in [1.82, 2.24) is 14.9 Å². The number of unbranched alkanes of at least 4 members (excludes halogenated alkanes) is 3. The second-order valence-corrected chi connectivity index (χ2v) is 10.5.